The number of nitrogens with zero attached hydrogens (tertiary/aromatic N) is 1. The molecule has 2 aromatic rings. The van der Waals surface area contributed by atoms with Crippen molar-refractivity contribution in [3.05, 3.63) is 83.1 Å². The van der Waals surface area contributed by atoms with Gasteiger partial charge < -0.3 is 33.5 Å². The Morgan fingerprint density at radius 2 is 1.91 bits per heavy atom. The standard InChI is InChI=1S/C34H39NO9/c1-39-28-19-33-12-8-14-35(33)15-11-24-17-26-27(43-22-42-26)18-25(24)30(33)31(28)44-32(37)34(38,20-29(36)40-2)13-6-7-16-41-21-23-9-4-3-5-10-23/h3-7,9-10,17-19,30-31,38H,8,11-16,20-22H2,1-2H3/b7-6+/t30-,31?,33+,34?/m1/s1. The molecule has 234 valence electrons. The number of ether oxygens (including phenoxy) is 6. The molecule has 6 rings (SSSR count). The van der Waals surface area contributed by atoms with Crippen molar-refractivity contribution in [3.63, 3.8) is 0 Å². The van der Waals surface area contributed by atoms with Gasteiger partial charge in [0.05, 0.1) is 45.3 Å². The first kappa shape index (κ1) is 30.2. The predicted molar refractivity (Wildman–Crippen MR) is 159 cm³/mol. The Hall–Kier alpha value is -3.86. The fraction of sp³-hybridized carbons (Fsp3) is 0.471. The lowest BCUT2D eigenvalue weighted by molar-refractivity contribution is -0.177. The van der Waals surface area contributed by atoms with Crippen molar-refractivity contribution >= 4 is 11.9 Å². The van der Waals surface area contributed by atoms with Crippen LogP contribution in [0.25, 0.3) is 0 Å². The average molecular weight is 606 g/mol. The molecule has 1 aliphatic carbocycles. The summed E-state index contributed by atoms with van der Waals surface area (Å²) in [5, 5.41) is 11.6. The van der Waals surface area contributed by atoms with Gasteiger partial charge in [-0.1, -0.05) is 42.5 Å². The van der Waals surface area contributed by atoms with Crippen LogP contribution in [-0.4, -0.2) is 79.9 Å². The highest BCUT2D eigenvalue weighted by Crippen LogP contribution is 2.55. The van der Waals surface area contributed by atoms with E-state index in [1.807, 2.05) is 42.5 Å². The van der Waals surface area contributed by atoms with E-state index >= 15 is 0 Å². The van der Waals surface area contributed by atoms with Crippen molar-refractivity contribution in [2.24, 2.45) is 0 Å². The quantitative estimate of drug-likeness (QED) is 0.231. The normalized spacial score (nSPS) is 24.9. The van der Waals surface area contributed by atoms with Gasteiger partial charge in [0, 0.05) is 13.0 Å². The SMILES string of the molecule is COC(=O)CC(O)(C/C=C/COCc1ccccc1)C(=O)OC1C(OC)=C[C@]23CCCN2CCc2cc4c(cc2[C@H]13)OCO4. The maximum Gasteiger partial charge on any atom is 0.339 e. The largest absolute Gasteiger partial charge is 0.497 e. The van der Waals surface area contributed by atoms with Gasteiger partial charge in [0.1, 0.15) is 5.76 Å². The van der Waals surface area contributed by atoms with E-state index < -0.39 is 35.6 Å². The van der Waals surface area contributed by atoms with Crippen molar-refractivity contribution in [2.75, 3.05) is 40.7 Å². The van der Waals surface area contributed by atoms with Crippen LogP contribution < -0.4 is 9.47 Å². The lowest BCUT2D eigenvalue weighted by Gasteiger charge is -2.39. The van der Waals surface area contributed by atoms with Gasteiger partial charge in [-0.3, -0.25) is 9.69 Å². The molecule has 1 spiro atoms. The molecule has 0 bridgehead atoms. The maximum absolute atomic E-state index is 13.9. The van der Waals surface area contributed by atoms with Gasteiger partial charge in [0.25, 0.3) is 0 Å². The molecule has 4 atom stereocenters. The fourth-order valence-corrected chi connectivity index (χ4v) is 7.02. The Morgan fingerprint density at radius 1 is 1.11 bits per heavy atom. The molecule has 10 heteroatoms. The summed E-state index contributed by atoms with van der Waals surface area (Å²) in [5.41, 5.74) is 0.559. The van der Waals surface area contributed by atoms with E-state index in [4.69, 9.17) is 28.4 Å². The third-order valence-electron chi connectivity index (χ3n) is 9.19. The second-order valence-electron chi connectivity index (χ2n) is 11.8. The Kier molecular flexibility index (Phi) is 8.66. The summed E-state index contributed by atoms with van der Waals surface area (Å²) in [7, 11) is 2.78. The second-order valence-corrected chi connectivity index (χ2v) is 11.8. The number of benzene rings is 2. The summed E-state index contributed by atoms with van der Waals surface area (Å²) in [6.45, 7) is 2.60. The van der Waals surface area contributed by atoms with Crippen molar-refractivity contribution in [2.45, 2.75) is 61.9 Å². The van der Waals surface area contributed by atoms with Crippen molar-refractivity contribution in [1.82, 2.24) is 4.90 Å². The molecule has 2 aromatic carbocycles. The third-order valence-corrected chi connectivity index (χ3v) is 9.19. The van der Waals surface area contributed by atoms with E-state index in [1.165, 1.54) is 7.11 Å². The van der Waals surface area contributed by atoms with E-state index in [2.05, 4.69) is 11.0 Å². The van der Waals surface area contributed by atoms with E-state index in [-0.39, 0.29) is 25.7 Å². The Labute approximate surface area is 257 Å². The lowest BCUT2D eigenvalue weighted by Crippen LogP contribution is -2.49. The molecule has 4 aliphatic rings. The summed E-state index contributed by atoms with van der Waals surface area (Å²) < 4.78 is 34.0. The van der Waals surface area contributed by atoms with E-state index in [1.54, 1.807) is 19.3 Å². The molecule has 3 heterocycles. The van der Waals surface area contributed by atoms with Crippen LogP contribution in [0, 0.1) is 0 Å². The number of hydrogen-bond acceptors (Lipinski definition) is 10. The number of hydrogen-bond donors (Lipinski definition) is 1. The van der Waals surface area contributed by atoms with Gasteiger partial charge in [-0.2, -0.15) is 0 Å². The molecule has 0 radical (unpaired) electrons. The molecule has 1 fully saturated rings. The van der Waals surface area contributed by atoms with Crippen molar-refractivity contribution in [1.29, 1.82) is 0 Å². The van der Waals surface area contributed by atoms with Gasteiger partial charge >= 0.3 is 11.9 Å². The summed E-state index contributed by atoms with van der Waals surface area (Å²) in [6.07, 6.45) is 6.55. The van der Waals surface area contributed by atoms with Gasteiger partial charge in [0.2, 0.25) is 6.79 Å². The molecule has 10 nitrogen and oxygen atoms in total. The van der Waals surface area contributed by atoms with Gasteiger partial charge in [-0.05, 0) is 60.7 Å². The predicted octanol–water partition coefficient (Wildman–Crippen LogP) is 3.80. The molecule has 1 N–H and O–H groups in total. The van der Waals surface area contributed by atoms with Crippen LogP contribution in [-0.2, 0) is 41.6 Å². The Balaban J connectivity index is 1.24. The fourth-order valence-electron chi connectivity index (χ4n) is 7.02. The van der Waals surface area contributed by atoms with Crippen LogP contribution in [0.15, 0.2) is 66.5 Å². The zero-order chi connectivity index (χ0) is 30.7. The number of aliphatic hydroxyl groups is 1. The highest BCUT2D eigenvalue weighted by Gasteiger charge is 2.59. The minimum absolute atomic E-state index is 0.158. The Bertz CT molecular complexity index is 1440. The van der Waals surface area contributed by atoms with Crippen LogP contribution in [0.3, 0.4) is 0 Å². The molecule has 2 unspecified atom stereocenters. The second kappa shape index (κ2) is 12.6. The molecule has 0 saturated carbocycles. The van der Waals surface area contributed by atoms with Gasteiger partial charge in [-0.15, -0.1) is 0 Å². The van der Waals surface area contributed by atoms with Gasteiger partial charge in [-0.25, -0.2) is 4.79 Å². The first-order valence-electron chi connectivity index (χ1n) is 15.1. The first-order chi connectivity index (χ1) is 21.4. The van der Waals surface area contributed by atoms with Crippen molar-refractivity contribution in [3.8, 4) is 11.5 Å². The first-order valence-corrected chi connectivity index (χ1v) is 15.1. The molecule has 0 amide bonds. The highest BCUT2D eigenvalue weighted by molar-refractivity contribution is 5.86. The monoisotopic (exact) mass is 605 g/mol. The minimum atomic E-state index is -2.16. The Morgan fingerprint density at radius 3 is 2.68 bits per heavy atom. The molecular weight excluding hydrogens is 566 g/mol. The number of rotatable bonds is 11. The van der Waals surface area contributed by atoms with Gasteiger partial charge in [0.15, 0.2) is 23.2 Å². The zero-order valence-corrected chi connectivity index (χ0v) is 25.2. The van der Waals surface area contributed by atoms with Crippen LogP contribution in [0.1, 0.15) is 48.3 Å². The third kappa shape index (κ3) is 5.69. The zero-order valence-electron chi connectivity index (χ0n) is 25.2. The summed E-state index contributed by atoms with van der Waals surface area (Å²) in [4.78, 5) is 28.7. The number of fused-ring (bicyclic) bond motifs is 3. The number of carbonyl (C=O) groups excluding carboxylic acids is 2. The maximum atomic E-state index is 13.9. The number of carbonyl (C=O) groups is 2. The van der Waals surface area contributed by atoms with E-state index in [0.29, 0.717) is 23.9 Å². The smallest absolute Gasteiger partial charge is 0.339 e. The molecule has 3 aliphatic heterocycles. The van der Waals surface area contributed by atoms with E-state index in [9.17, 15) is 14.7 Å². The minimum Gasteiger partial charge on any atom is -0.497 e. The van der Waals surface area contributed by atoms with E-state index in [0.717, 1.165) is 49.0 Å². The summed E-state index contributed by atoms with van der Waals surface area (Å²) in [5.74, 6) is -0.0652. The molecule has 44 heavy (non-hydrogen) atoms. The van der Waals surface area contributed by atoms with Crippen molar-refractivity contribution < 1.29 is 43.1 Å². The number of methoxy groups -OCH3 is 2. The lowest BCUT2D eigenvalue weighted by atomic mass is 9.77. The van der Waals surface area contributed by atoms with Crippen LogP contribution in [0.4, 0.5) is 0 Å². The van der Waals surface area contributed by atoms with Crippen LogP contribution in [0.2, 0.25) is 0 Å². The molecular formula is C34H39NO9. The molecule has 1 saturated heterocycles. The summed E-state index contributed by atoms with van der Waals surface area (Å²) in [6, 6.07) is 13.8. The average Bonchev–Trinajstić information content (AvgIpc) is 3.72. The molecule has 0 aromatic heterocycles. The number of esters is 2. The summed E-state index contributed by atoms with van der Waals surface area (Å²) >= 11 is 0. The van der Waals surface area contributed by atoms with Crippen LogP contribution in [0.5, 0.6) is 11.5 Å². The highest BCUT2D eigenvalue weighted by atomic mass is 16.7. The van der Waals surface area contributed by atoms with Crippen LogP contribution >= 0.6 is 0 Å². The topological polar surface area (TPSA) is 113 Å².